The molecule has 0 aliphatic carbocycles. The van der Waals surface area contributed by atoms with Crippen LogP contribution in [0, 0.1) is 4.91 Å². The molecule has 0 spiro atoms. The minimum absolute atomic E-state index is 0.916. The zero-order valence-corrected chi connectivity index (χ0v) is 4.34. The second-order valence-corrected chi connectivity index (χ2v) is 1.38. The molecule has 0 rings (SSSR count). The summed E-state index contributed by atoms with van der Waals surface area (Å²) >= 11 is 0. The Kier molecular flexibility index (Phi) is 2.92. The van der Waals surface area contributed by atoms with E-state index in [1.807, 2.05) is 13.8 Å². The Labute approximate surface area is 41.9 Å². The molecule has 0 radical (unpaired) electrons. The monoisotopic (exact) mass is 101 g/mol. The number of rotatable bonds is 2. The fraction of sp³-hybridized carbons (Fsp3) is 0.500. The van der Waals surface area contributed by atoms with Gasteiger partial charge in [-0.2, -0.15) is 0 Å². The first-order valence-corrected chi connectivity index (χ1v) is 1.89. The number of hydrogen-bond acceptors (Lipinski definition) is 3. The zero-order chi connectivity index (χ0) is 5.70. The van der Waals surface area contributed by atoms with Crippen LogP contribution in [0.25, 0.3) is 0 Å². The van der Waals surface area contributed by atoms with Crippen molar-refractivity contribution in [2.45, 2.75) is 13.8 Å². The van der Waals surface area contributed by atoms with Gasteiger partial charge in [-0.05, 0) is 19.4 Å². The van der Waals surface area contributed by atoms with Gasteiger partial charge in [0.25, 0.3) is 0 Å². The Balaban J connectivity index is 3.25. The molecule has 0 aliphatic heterocycles. The summed E-state index contributed by atoms with van der Waals surface area (Å²) < 4.78 is 0. The fourth-order valence-electron chi connectivity index (χ4n) is 0.127. The van der Waals surface area contributed by atoms with Crippen molar-refractivity contribution in [3.8, 4) is 0 Å². The van der Waals surface area contributed by atoms with Gasteiger partial charge in [0.2, 0.25) is 0 Å². The molecule has 0 unspecified atom stereocenters. The maximum atomic E-state index is 9.19. The third-order valence-electron chi connectivity index (χ3n) is 0.331. The van der Waals surface area contributed by atoms with E-state index in [4.69, 9.17) is 0 Å². The second kappa shape index (κ2) is 3.33. The van der Waals surface area contributed by atoms with Gasteiger partial charge < -0.3 is 4.84 Å². The molecule has 0 amide bonds. The average Bonchev–Trinajstić information content (AvgIpc) is 1.61. The highest BCUT2D eigenvalue weighted by Gasteiger charge is 1.72. The molecule has 0 aliphatic rings. The van der Waals surface area contributed by atoms with Gasteiger partial charge in [0.05, 0.1) is 0 Å². The van der Waals surface area contributed by atoms with Crippen molar-refractivity contribution in [2.24, 2.45) is 5.34 Å². The number of hydrogen-bond donors (Lipinski definition) is 0. The molecule has 0 heterocycles. The first-order valence-electron chi connectivity index (χ1n) is 1.89. The molecule has 0 atom stereocenters. The van der Waals surface area contributed by atoms with Crippen molar-refractivity contribution >= 4 is 0 Å². The van der Waals surface area contributed by atoms with Crippen LogP contribution < -0.4 is 0 Å². The summed E-state index contributed by atoms with van der Waals surface area (Å²) in [6, 6.07) is 0. The largest absolute Gasteiger partial charge is 0.332 e. The van der Waals surface area contributed by atoms with Crippen molar-refractivity contribution in [2.75, 3.05) is 0 Å². The Hall–Kier alpha value is -0.860. The minimum Gasteiger partial charge on any atom is -0.332 e. The SMILES string of the molecule is CC(C)=CON=O. The quantitative estimate of drug-likeness (QED) is 0.301. The highest BCUT2D eigenvalue weighted by Crippen LogP contribution is 1.87. The summed E-state index contributed by atoms with van der Waals surface area (Å²) in [7, 11) is 0. The van der Waals surface area contributed by atoms with Gasteiger partial charge in [0.1, 0.15) is 6.26 Å². The highest BCUT2D eigenvalue weighted by atomic mass is 16.7. The van der Waals surface area contributed by atoms with E-state index in [2.05, 4.69) is 10.2 Å². The summed E-state index contributed by atoms with van der Waals surface area (Å²) in [4.78, 5) is 13.2. The van der Waals surface area contributed by atoms with Crippen LogP contribution in [0.2, 0.25) is 0 Å². The molecule has 3 nitrogen and oxygen atoms in total. The van der Waals surface area contributed by atoms with E-state index in [0.29, 0.717) is 0 Å². The standard InChI is InChI=1S/C4H7NO2/c1-4(2)3-7-5-6/h3H,1-2H3. The molecule has 7 heavy (non-hydrogen) atoms. The Bertz CT molecular complexity index is 83.7. The van der Waals surface area contributed by atoms with Crippen molar-refractivity contribution in [3.63, 3.8) is 0 Å². The maximum Gasteiger partial charge on any atom is 0.160 e. The molecule has 40 valence electrons. The van der Waals surface area contributed by atoms with Crippen LogP contribution >= 0.6 is 0 Å². The number of allylic oxidation sites excluding steroid dienone is 1. The van der Waals surface area contributed by atoms with Crippen LogP contribution in [0.4, 0.5) is 0 Å². The first-order chi connectivity index (χ1) is 3.27. The second-order valence-electron chi connectivity index (χ2n) is 1.38. The van der Waals surface area contributed by atoms with Gasteiger partial charge >= 0.3 is 0 Å². The van der Waals surface area contributed by atoms with Gasteiger partial charge in [-0.15, -0.1) is 4.91 Å². The van der Waals surface area contributed by atoms with Gasteiger partial charge in [-0.3, -0.25) is 0 Å². The molecule has 0 saturated carbocycles. The van der Waals surface area contributed by atoms with Crippen molar-refractivity contribution < 1.29 is 4.84 Å². The van der Waals surface area contributed by atoms with E-state index in [0.717, 1.165) is 5.57 Å². The van der Waals surface area contributed by atoms with Crippen LogP contribution in [-0.4, -0.2) is 0 Å². The van der Waals surface area contributed by atoms with E-state index in [1.54, 1.807) is 0 Å². The third-order valence-corrected chi connectivity index (χ3v) is 0.331. The molecule has 0 aromatic heterocycles. The molecule has 3 heteroatoms. The Morgan fingerprint density at radius 1 is 1.71 bits per heavy atom. The van der Waals surface area contributed by atoms with Gasteiger partial charge in [0.15, 0.2) is 5.34 Å². The summed E-state index contributed by atoms with van der Waals surface area (Å²) in [5.41, 5.74) is 0.916. The molecule has 0 N–H and O–H groups in total. The highest BCUT2D eigenvalue weighted by molar-refractivity contribution is 4.85. The van der Waals surface area contributed by atoms with Crippen LogP contribution in [0.1, 0.15) is 13.8 Å². The van der Waals surface area contributed by atoms with E-state index >= 15 is 0 Å². The normalized spacial score (nSPS) is 7.14. The lowest BCUT2D eigenvalue weighted by molar-refractivity contribution is 0.259. The average molecular weight is 101 g/mol. The predicted molar refractivity (Wildman–Crippen MR) is 26.3 cm³/mol. The van der Waals surface area contributed by atoms with E-state index in [9.17, 15) is 4.91 Å². The molecule has 0 aromatic rings. The molecule has 0 saturated heterocycles. The summed E-state index contributed by atoms with van der Waals surface area (Å²) in [5.74, 6) is 0. The topological polar surface area (TPSA) is 38.7 Å². The maximum absolute atomic E-state index is 9.19. The Morgan fingerprint density at radius 2 is 2.29 bits per heavy atom. The van der Waals surface area contributed by atoms with Gasteiger partial charge in [-0.25, -0.2) is 0 Å². The molecule has 0 fully saturated rings. The zero-order valence-electron chi connectivity index (χ0n) is 4.34. The molecular weight excluding hydrogens is 94.0 g/mol. The fourth-order valence-corrected chi connectivity index (χ4v) is 0.127. The predicted octanol–water partition coefficient (Wildman–Crippen LogP) is 1.61. The van der Waals surface area contributed by atoms with Gasteiger partial charge in [0, 0.05) is 0 Å². The van der Waals surface area contributed by atoms with Crippen LogP contribution in [0.5, 0.6) is 0 Å². The summed E-state index contributed by atoms with van der Waals surface area (Å²) in [5, 5.41) is 2.15. The van der Waals surface area contributed by atoms with Crippen LogP contribution in [0.3, 0.4) is 0 Å². The molecular formula is C4H7NO2. The van der Waals surface area contributed by atoms with E-state index < -0.39 is 0 Å². The smallest absolute Gasteiger partial charge is 0.160 e. The van der Waals surface area contributed by atoms with Crippen LogP contribution in [0.15, 0.2) is 17.2 Å². The van der Waals surface area contributed by atoms with Gasteiger partial charge in [-0.1, -0.05) is 0 Å². The van der Waals surface area contributed by atoms with E-state index in [1.165, 1.54) is 6.26 Å². The first kappa shape index (κ1) is 6.14. The van der Waals surface area contributed by atoms with Crippen molar-refractivity contribution in [1.82, 2.24) is 0 Å². The third kappa shape index (κ3) is 5.14. The van der Waals surface area contributed by atoms with Crippen LogP contribution in [-0.2, 0) is 4.84 Å². The van der Waals surface area contributed by atoms with E-state index in [-0.39, 0.29) is 0 Å². The van der Waals surface area contributed by atoms with Crippen molar-refractivity contribution in [1.29, 1.82) is 0 Å². The molecule has 0 aromatic carbocycles. The Morgan fingerprint density at radius 3 is 2.43 bits per heavy atom. The lowest BCUT2D eigenvalue weighted by Crippen LogP contribution is -1.65. The summed E-state index contributed by atoms with van der Waals surface area (Å²) in [6.45, 7) is 3.62. The van der Waals surface area contributed by atoms with Crippen molar-refractivity contribution in [3.05, 3.63) is 16.7 Å². The number of nitrogens with zero attached hydrogens (tertiary/aromatic N) is 1. The lowest BCUT2D eigenvalue weighted by atomic mass is 10.4. The lowest BCUT2D eigenvalue weighted by Gasteiger charge is -1.81. The molecule has 0 bridgehead atoms. The minimum atomic E-state index is 0.916. The summed E-state index contributed by atoms with van der Waals surface area (Å²) in [6.07, 6.45) is 1.28.